The average Bonchev–Trinajstić information content (AvgIpc) is 3.29. The van der Waals surface area contributed by atoms with Gasteiger partial charge >= 0.3 is 0 Å². The fourth-order valence-corrected chi connectivity index (χ4v) is 3.12. The second-order valence-electron chi connectivity index (χ2n) is 6.18. The summed E-state index contributed by atoms with van der Waals surface area (Å²) in [5.74, 6) is 0.710. The minimum atomic E-state index is -0.158. The molecule has 0 saturated heterocycles. The number of pyridine rings is 1. The molecule has 0 aliphatic carbocycles. The van der Waals surface area contributed by atoms with E-state index in [1.807, 2.05) is 18.2 Å². The molecule has 5 heteroatoms. The summed E-state index contributed by atoms with van der Waals surface area (Å²) in [6, 6.07) is 11.7. The van der Waals surface area contributed by atoms with E-state index in [1.165, 1.54) is 18.1 Å². The molecular formula is C20H18N2O3. The molecule has 25 heavy (non-hydrogen) atoms. The number of carbonyl (C=O) groups is 1. The van der Waals surface area contributed by atoms with Gasteiger partial charge in [0.1, 0.15) is 18.1 Å². The summed E-state index contributed by atoms with van der Waals surface area (Å²) in [4.78, 5) is 16.5. The zero-order valence-corrected chi connectivity index (χ0v) is 13.9. The Labute approximate surface area is 145 Å². The number of nitrogens with one attached hydrogen (secondary N) is 1. The van der Waals surface area contributed by atoms with E-state index in [-0.39, 0.29) is 12.0 Å². The van der Waals surface area contributed by atoms with Gasteiger partial charge < -0.3 is 14.5 Å². The molecule has 0 bridgehead atoms. The van der Waals surface area contributed by atoms with Crippen molar-refractivity contribution >= 4 is 5.91 Å². The van der Waals surface area contributed by atoms with Gasteiger partial charge in [-0.05, 0) is 42.3 Å². The molecule has 0 spiro atoms. The van der Waals surface area contributed by atoms with Crippen LogP contribution < -0.4 is 10.1 Å². The second kappa shape index (κ2) is 6.43. The van der Waals surface area contributed by atoms with E-state index < -0.39 is 0 Å². The number of rotatable bonds is 4. The molecule has 1 atom stereocenters. The van der Waals surface area contributed by atoms with Gasteiger partial charge in [0.25, 0.3) is 5.91 Å². The molecule has 0 saturated carbocycles. The van der Waals surface area contributed by atoms with Crippen LogP contribution in [0.1, 0.15) is 21.5 Å². The highest BCUT2D eigenvalue weighted by Gasteiger charge is 2.27. The largest absolute Gasteiger partial charge is 0.487 e. The highest BCUT2D eigenvalue weighted by molar-refractivity contribution is 5.93. The van der Waals surface area contributed by atoms with Crippen LogP contribution in [0.25, 0.3) is 11.3 Å². The lowest BCUT2D eigenvalue weighted by molar-refractivity contribution is 0.0933. The van der Waals surface area contributed by atoms with Crippen molar-refractivity contribution in [3.05, 3.63) is 71.8 Å². The van der Waals surface area contributed by atoms with Gasteiger partial charge in [-0.15, -0.1) is 0 Å². The summed E-state index contributed by atoms with van der Waals surface area (Å²) < 4.78 is 11.1. The Morgan fingerprint density at radius 1 is 1.32 bits per heavy atom. The molecule has 5 nitrogen and oxygen atoms in total. The lowest BCUT2D eigenvalue weighted by Crippen LogP contribution is -2.34. The summed E-state index contributed by atoms with van der Waals surface area (Å²) in [5.41, 5.74) is 4.74. The topological polar surface area (TPSA) is 64.4 Å². The Morgan fingerprint density at radius 2 is 2.24 bits per heavy atom. The van der Waals surface area contributed by atoms with Crippen LogP contribution in [0.4, 0.5) is 0 Å². The number of nitrogens with zero attached hydrogens (tertiary/aromatic N) is 1. The molecule has 1 aliphatic heterocycles. The monoisotopic (exact) mass is 334 g/mol. The average molecular weight is 334 g/mol. The van der Waals surface area contributed by atoms with Gasteiger partial charge in [-0.2, -0.15) is 0 Å². The van der Waals surface area contributed by atoms with E-state index in [9.17, 15) is 4.79 Å². The zero-order chi connectivity index (χ0) is 17.2. The number of furan rings is 1. The van der Waals surface area contributed by atoms with Gasteiger partial charge in [0, 0.05) is 18.2 Å². The van der Waals surface area contributed by atoms with Crippen molar-refractivity contribution in [2.75, 3.05) is 6.54 Å². The quantitative estimate of drug-likeness (QED) is 0.794. The number of benzene rings is 1. The highest BCUT2D eigenvalue weighted by atomic mass is 16.5. The van der Waals surface area contributed by atoms with Crippen LogP contribution in [0.15, 0.2) is 59.5 Å². The van der Waals surface area contributed by atoms with Gasteiger partial charge in [0.2, 0.25) is 0 Å². The minimum absolute atomic E-state index is 0.0879. The summed E-state index contributed by atoms with van der Waals surface area (Å²) in [5, 5.41) is 2.90. The van der Waals surface area contributed by atoms with Crippen LogP contribution >= 0.6 is 0 Å². The van der Waals surface area contributed by atoms with Crippen molar-refractivity contribution in [1.29, 1.82) is 0 Å². The number of carbonyl (C=O) groups excluding carboxylic acids is 1. The molecular weight excluding hydrogens is 316 g/mol. The number of ether oxygens (including phenoxy) is 1. The minimum Gasteiger partial charge on any atom is -0.487 e. The number of aryl methyl sites for hydroxylation is 1. The first-order valence-corrected chi connectivity index (χ1v) is 8.22. The summed E-state index contributed by atoms with van der Waals surface area (Å²) in [6.45, 7) is 2.51. The van der Waals surface area contributed by atoms with Crippen molar-refractivity contribution in [2.45, 2.75) is 19.4 Å². The van der Waals surface area contributed by atoms with E-state index in [0.29, 0.717) is 12.1 Å². The SMILES string of the molecule is Cc1cc2c(c(-c3ccccn3)c1)O[C@H](CNC(=O)c1ccoc1)C2. The standard InChI is InChI=1S/C20H18N2O3/c1-13-8-15-10-16(11-22-20(23)14-5-7-24-12-14)25-19(15)17(9-13)18-4-2-3-6-21-18/h2-9,12,16H,10-11H2,1H3,(H,22,23)/t16-/m0/s1. The molecule has 1 N–H and O–H groups in total. The fraction of sp³-hybridized carbons (Fsp3) is 0.200. The molecule has 126 valence electrons. The molecule has 0 unspecified atom stereocenters. The predicted molar refractivity (Wildman–Crippen MR) is 93.6 cm³/mol. The van der Waals surface area contributed by atoms with Gasteiger partial charge in [-0.1, -0.05) is 12.1 Å². The lowest BCUT2D eigenvalue weighted by atomic mass is 10.0. The maximum Gasteiger partial charge on any atom is 0.254 e. The van der Waals surface area contributed by atoms with E-state index in [4.69, 9.17) is 9.15 Å². The molecule has 0 fully saturated rings. The third-order valence-electron chi connectivity index (χ3n) is 4.26. The Morgan fingerprint density at radius 3 is 3.00 bits per heavy atom. The number of amides is 1. The molecule has 4 rings (SSSR count). The van der Waals surface area contributed by atoms with Crippen LogP contribution in [0.3, 0.4) is 0 Å². The van der Waals surface area contributed by atoms with E-state index in [1.54, 1.807) is 12.3 Å². The van der Waals surface area contributed by atoms with Crippen LogP contribution in [0.5, 0.6) is 5.75 Å². The Hall–Kier alpha value is -3.08. The van der Waals surface area contributed by atoms with E-state index >= 15 is 0 Å². The van der Waals surface area contributed by atoms with Crippen LogP contribution in [0.2, 0.25) is 0 Å². The first kappa shape index (κ1) is 15.4. The second-order valence-corrected chi connectivity index (χ2v) is 6.18. The lowest BCUT2D eigenvalue weighted by Gasteiger charge is -2.13. The van der Waals surface area contributed by atoms with Gasteiger partial charge in [0.05, 0.1) is 24.1 Å². The van der Waals surface area contributed by atoms with Crippen molar-refractivity contribution in [1.82, 2.24) is 10.3 Å². The number of aromatic nitrogens is 1. The fourth-order valence-electron chi connectivity index (χ4n) is 3.12. The Kier molecular flexibility index (Phi) is 3.98. The number of hydrogen-bond donors (Lipinski definition) is 1. The molecule has 1 aliphatic rings. The normalized spacial score (nSPS) is 15.5. The molecule has 1 amide bonds. The summed E-state index contributed by atoms with van der Waals surface area (Å²) in [6.07, 6.45) is 5.38. The molecule has 0 radical (unpaired) electrons. The third-order valence-corrected chi connectivity index (χ3v) is 4.26. The van der Waals surface area contributed by atoms with Crippen molar-refractivity contribution < 1.29 is 13.9 Å². The third kappa shape index (κ3) is 3.13. The predicted octanol–water partition coefficient (Wildman–Crippen LogP) is 3.38. The Balaban J connectivity index is 1.51. The van der Waals surface area contributed by atoms with Crippen LogP contribution in [-0.4, -0.2) is 23.5 Å². The molecule has 1 aromatic carbocycles. The molecule has 3 aromatic rings. The molecule has 2 aromatic heterocycles. The smallest absolute Gasteiger partial charge is 0.254 e. The van der Waals surface area contributed by atoms with E-state index in [0.717, 1.165) is 29.0 Å². The van der Waals surface area contributed by atoms with E-state index in [2.05, 4.69) is 29.4 Å². The van der Waals surface area contributed by atoms with Gasteiger partial charge in [-0.3, -0.25) is 9.78 Å². The Bertz CT molecular complexity index is 889. The number of fused-ring (bicyclic) bond motifs is 1. The van der Waals surface area contributed by atoms with Crippen molar-refractivity contribution in [2.24, 2.45) is 0 Å². The summed E-state index contributed by atoms with van der Waals surface area (Å²) in [7, 11) is 0. The maximum atomic E-state index is 12.0. The highest BCUT2D eigenvalue weighted by Crippen LogP contribution is 2.39. The first-order chi connectivity index (χ1) is 12.2. The number of hydrogen-bond acceptors (Lipinski definition) is 4. The molecule has 3 heterocycles. The van der Waals surface area contributed by atoms with Crippen LogP contribution in [0, 0.1) is 6.92 Å². The van der Waals surface area contributed by atoms with Gasteiger partial charge in [0.15, 0.2) is 0 Å². The van der Waals surface area contributed by atoms with Crippen molar-refractivity contribution in [3.8, 4) is 17.0 Å². The zero-order valence-electron chi connectivity index (χ0n) is 13.9. The first-order valence-electron chi connectivity index (χ1n) is 8.22. The summed E-state index contributed by atoms with van der Waals surface area (Å²) >= 11 is 0. The van der Waals surface area contributed by atoms with Crippen molar-refractivity contribution in [3.63, 3.8) is 0 Å². The maximum absolute atomic E-state index is 12.0. The van der Waals surface area contributed by atoms with Gasteiger partial charge in [-0.25, -0.2) is 0 Å². The van der Waals surface area contributed by atoms with Crippen LogP contribution in [-0.2, 0) is 6.42 Å².